The third kappa shape index (κ3) is 3.48. The number of thiophene rings is 1. The van der Waals surface area contributed by atoms with Crippen molar-refractivity contribution in [2.24, 2.45) is 0 Å². The van der Waals surface area contributed by atoms with Gasteiger partial charge in [0, 0.05) is 21.9 Å². The number of halogens is 2. The van der Waals surface area contributed by atoms with Gasteiger partial charge in [-0.3, -0.25) is 4.79 Å². The van der Waals surface area contributed by atoms with Crippen molar-refractivity contribution >= 4 is 17.2 Å². The lowest BCUT2D eigenvalue weighted by Gasteiger charge is -2.06. The van der Waals surface area contributed by atoms with Crippen LogP contribution < -0.4 is 5.32 Å². The number of nitrogens with one attached hydrogen (secondary N) is 1. The number of rotatable bonds is 5. The number of carbonyl (C=O) groups excluding carboxylic acids is 1. The quantitative estimate of drug-likeness (QED) is 0.758. The minimum atomic E-state index is -0.860. The standard InChI is InChI=1S/C17H13F2NO2S/c18-13-2-1-3-14(19)16(13)17(21)20-8-6-12-4-5-15(23-12)11-7-9-22-10-11/h1-5,7,9-10H,6,8H2,(H,20,21). The van der Waals surface area contributed by atoms with Gasteiger partial charge in [-0.15, -0.1) is 11.3 Å². The Morgan fingerprint density at radius 1 is 1.13 bits per heavy atom. The topological polar surface area (TPSA) is 42.2 Å². The van der Waals surface area contributed by atoms with Crippen LogP contribution in [-0.4, -0.2) is 12.5 Å². The molecule has 3 rings (SSSR count). The molecule has 118 valence electrons. The fourth-order valence-corrected chi connectivity index (χ4v) is 3.17. The molecule has 0 bridgehead atoms. The highest BCUT2D eigenvalue weighted by atomic mass is 32.1. The maximum atomic E-state index is 13.5. The van der Waals surface area contributed by atoms with Crippen LogP contribution in [0.4, 0.5) is 8.78 Å². The maximum Gasteiger partial charge on any atom is 0.257 e. The van der Waals surface area contributed by atoms with Gasteiger partial charge in [-0.2, -0.15) is 0 Å². The second-order valence-corrected chi connectivity index (χ2v) is 6.05. The van der Waals surface area contributed by atoms with Crippen LogP contribution in [0.1, 0.15) is 15.2 Å². The van der Waals surface area contributed by atoms with Gasteiger partial charge in [0.25, 0.3) is 5.91 Å². The van der Waals surface area contributed by atoms with Crippen LogP contribution in [-0.2, 0) is 6.42 Å². The van der Waals surface area contributed by atoms with E-state index in [1.807, 2.05) is 18.2 Å². The molecule has 1 N–H and O–H groups in total. The van der Waals surface area contributed by atoms with E-state index in [0.717, 1.165) is 27.5 Å². The van der Waals surface area contributed by atoms with Crippen molar-refractivity contribution in [3.63, 3.8) is 0 Å². The Morgan fingerprint density at radius 3 is 2.61 bits per heavy atom. The van der Waals surface area contributed by atoms with Crippen LogP contribution in [0, 0.1) is 11.6 Å². The molecule has 0 aliphatic carbocycles. The third-order valence-electron chi connectivity index (χ3n) is 3.31. The zero-order valence-corrected chi connectivity index (χ0v) is 12.8. The van der Waals surface area contributed by atoms with Crippen molar-refractivity contribution in [2.75, 3.05) is 6.54 Å². The molecule has 1 amide bonds. The molecule has 3 aromatic rings. The van der Waals surface area contributed by atoms with Crippen molar-refractivity contribution < 1.29 is 18.0 Å². The average Bonchev–Trinajstić information content (AvgIpc) is 3.18. The van der Waals surface area contributed by atoms with E-state index in [4.69, 9.17) is 4.42 Å². The van der Waals surface area contributed by atoms with E-state index in [1.165, 1.54) is 6.07 Å². The summed E-state index contributed by atoms with van der Waals surface area (Å²) in [5, 5.41) is 2.54. The number of carbonyl (C=O) groups is 1. The van der Waals surface area contributed by atoms with E-state index in [1.54, 1.807) is 23.9 Å². The van der Waals surface area contributed by atoms with Crippen LogP contribution in [0.25, 0.3) is 10.4 Å². The van der Waals surface area contributed by atoms with E-state index < -0.39 is 23.1 Å². The van der Waals surface area contributed by atoms with Crippen molar-refractivity contribution in [3.05, 3.63) is 71.0 Å². The Bertz CT molecular complexity index is 792. The Labute approximate surface area is 135 Å². The monoisotopic (exact) mass is 333 g/mol. The predicted octanol–water partition coefficient (Wildman–Crippen LogP) is 4.26. The summed E-state index contributed by atoms with van der Waals surface area (Å²) >= 11 is 1.58. The van der Waals surface area contributed by atoms with Crippen LogP contribution in [0.2, 0.25) is 0 Å². The summed E-state index contributed by atoms with van der Waals surface area (Å²) in [6.45, 7) is 0.304. The third-order valence-corrected chi connectivity index (χ3v) is 4.51. The number of furan rings is 1. The molecule has 23 heavy (non-hydrogen) atoms. The fourth-order valence-electron chi connectivity index (χ4n) is 2.17. The van der Waals surface area contributed by atoms with Gasteiger partial charge in [0.2, 0.25) is 0 Å². The van der Waals surface area contributed by atoms with Crippen molar-refractivity contribution in [3.8, 4) is 10.4 Å². The number of hydrogen-bond acceptors (Lipinski definition) is 3. The molecule has 6 heteroatoms. The first kappa shape index (κ1) is 15.4. The highest BCUT2D eigenvalue weighted by molar-refractivity contribution is 7.15. The highest BCUT2D eigenvalue weighted by Gasteiger charge is 2.16. The Kier molecular flexibility index (Phi) is 4.52. The second-order valence-electron chi connectivity index (χ2n) is 4.88. The molecular formula is C17H13F2NO2S. The zero-order chi connectivity index (χ0) is 16.2. The Balaban J connectivity index is 1.58. The van der Waals surface area contributed by atoms with Gasteiger partial charge in [0.1, 0.15) is 17.2 Å². The highest BCUT2D eigenvalue weighted by Crippen LogP contribution is 2.28. The molecule has 0 radical (unpaired) electrons. The van der Waals surface area contributed by atoms with Crippen molar-refractivity contribution in [1.29, 1.82) is 0 Å². The van der Waals surface area contributed by atoms with Gasteiger partial charge in [-0.25, -0.2) is 8.78 Å². The van der Waals surface area contributed by atoms with Gasteiger partial charge < -0.3 is 9.73 Å². The van der Waals surface area contributed by atoms with E-state index in [0.29, 0.717) is 13.0 Å². The lowest BCUT2D eigenvalue weighted by Crippen LogP contribution is -2.27. The van der Waals surface area contributed by atoms with Crippen molar-refractivity contribution in [2.45, 2.75) is 6.42 Å². The lowest BCUT2D eigenvalue weighted by molar-refractivity contribution is 0.0946. The molecular weight excluding hydrogens is 320 g/mol. The van der Waals surface area contributed by atoms with E-state index in [9.17, 15) is 13.6 Å². The first-order valence-corrected chi connectivity index (χ1v) is 7.80. The minimum Gasteiger partial charge on any atom is -0.472 e. The van der Waals surface area contributed by atoms with E-state index >= 15 is 0 Å². The predicted molar refractivity (Wildman–Crippen MR) is 84.4 cm³/mol. The second kappa shape index (κ2) is 6.75. The number of hydrogen-bond donors (Lipinski definition) is 1. The van der Waals surface area contributed by atoms with E-state index in [-0.39, 0.29) is 0 Å². The van der Waals surface area contributed by atoms with Gasteiger partial charge in [-0.1, -0.05) is 6.07 Å². The van der Waals surface area contributed by atoms with Crippen LogP contribution in [0.5, 0.6) is 0 Å². The van der Waals surface area contributed by atoms with Crippen LogP contribution in [0.15, 0.2) is 53.3 Å². The smallest absolute Gasteiger partial charge is 0.257 e. The largest absolute Gasteiger partial charge is 0.472 e. The summed E-state index contributed by atoms with van der Waals surface area (Å²) in [4.78, 5) is 14.0. The molecule has 0 saturated heterocycles. The molecule has 0 spiro atoms. The maximum absolute atomic E-state index is 13.5. The normalized spacial score (nSPS) is 10.7. The molecule has 3 nitrogen and oxygen atoms in total. The van der Waals surface area contributed by atoms with Gasteiger partial charge in [0.15, 0.2) is 0 Å². The number of amides is 1. The first-order chi connectivity index (χ1) is 11.1. The molecule has 2 aromatic heterocycles. The lowest BCUT2D eigenvalue weighted by atomic mass is 10.2. The minimum absolute atomic E-state index is 0.304. The molecule has 1 aromatic carbocycles. The summed E-state index contributed by atoms with van der Waals surface area (Å²) in [5.41, 5.74) is 0.455. The van der Waals surface area contributed by atoms with Gasteiger partial charge >= 0.3 is 0 Å². The summed E-state index contributed by atoms with van der Waals surface area (Å²) < 4.78 is 32.0. The van der Waals surface area contributed by atoms with Crippen LogP contribution >= 0.6 is 11.3 Å². The molecule has 0 unspecified atom stereocenters. The molecule has 0 aliphatic rings. The average molecular weight is 333 g/mol. The molecule has 2 heterocycles. The Morgan fingerprint density at radius 2 is 1.91 bits per heavy atom. The summed E-state index contributed by atoms with van der Waals surface area (Å²) in [7, 11) is 0. The molecule has 0 atom stereocenters. The van der Waals surface area contributed by atoms with Gasteiger partial charge in [0.05, 0.1) is 12.5 Å². The Hall–Kier alpha value is -2.47. The first-order valence-electron chi connectivity index (χ1n) is 6.98. The molecule has 0 saturated carbocycles. The molecule has 0 fully saturated rings. The van der Waals surface area contributed by atoms with Gasteiger partial charge in [-0.05, 0) is 36.8 Å². The fraction of sp³-hybridized carbons (Fsp3) is 0.118. The van der Waals surface area contributed by atoms with Crippen LogP contribution in [0.3, 0.4) is 0 Å². The van der Waals surface area contributed by atoms with E-state index in [2.05, 4.69) is 5.32 Å². The summed E-state index contributed by atoms with van der Waals surface area (Å²) in [6.07, 6.45) is 3.86. The summed E-state index contributed by atoms with van der Waals surface area (Å²) in [6, 6.07) is 9.16. The zero-order valence-electron chi connectivity index (χ0n) is 12.0. The van der Waals surface area contributed by atoms with Crippen molar-refractivity contribution in [1.82, 2.24) is 5.32 Å². The SMILES string of the molecule is O=C(NCCc1ccc(-c2ccoc2)s1)c1c(F)cccc1F. The summed E-state index contributed by atoms with van der Waals surface area (Å²) in [5.74, 6) is -2.46. The molecule has 0 aliphatic heterocycles. The number of benzene rings is 1.